The summed E-state index contributed by atoms with van der Waals surface area (Å²) in [6, 6.07) is 0. The van der Waals surface area contributed by atoms with Crippen LogP contribution in [0.25, 0.3) is 0 Å². The fourth-order valence-corrected chi connectivity index (χ4v) is 3.07. The number of rotatable bonds is 13. The summed E-state index contributed by atoms with van der Waals surface area (Å²) >= 11 is 4.77. The summed E-state index contributed by atoms with van der Waals surface area (Å²) in [6.45, 7) is 11.1. The van der Waals surface area contributed by atoms with Crippen LogP contribution >= 0.6 is 12.6 Å². The van der Waals surface area contributed by atoms with Gasteiger partial charge in [-0.25, -0.2) is 0 Å². The lowest BCUT2D eigenvalue weighted by atomic mass is 9.81. The second-order valence-corrected chi connectivity index (χ2v) is 9.00. The van der Waals surface area contributed by atoms with E-state index in [-0.39, 0.29) is 21.9 Å². The largest absolute Gasteiger partial charge is 0.356 e. The van der Waals surface area contributed by atoms with E-state index < -0.39 is 0 Å². The zero-order chi connectivity index (χ0) is 17.9. The quantitative estimate of drug-likeness (QED) is 0.465. The highest BCUT2D eigenvalue weighted by atomic mass is 32.1. The van der Waals surface area contributed by atoms with E-state index in [1.54, 1.807) is 6.92 Å². The first kappa shape index (κ1) is 22.5. The molecule has 0 aromatic rings. The van der Waals surface area contributed by atoms with Crippen molar-refractivity contribution < 1.29 is 9.59 Å². The van der Waals surface area contributed by atoms with Crippen LogP contribution in [0.15, 0.2) is 0 Å². The first-order chi connectivity index (χ1) is 10.6. The van der Waals surface area contributed by atoms with Gasteiger partial charge in [0.25, 0.3) is 0 Å². The number of amides is 1. The van der Waals surface area contributed by atoms with E-state index in [9.17, 15) is 9.59 Å². The van der Waals surface area contributed by atoms with E-state index in [1.807, 2.05) is 6.92 Å². The van der Waals surface area contributed by atoms with Gasteiger partial charge in [0.2, 0.25) is 5.91 Å². The molecule has 1 atom stereocenters. The molecule has 3 nitrogen and oxygen atoms in total. The fraction of sp³-hybridized carbons (Fsp3) is 0.895. The minimum Gasteiger partial charge on any atom is -0.356 e. The van der Waals surface area contributed by atoms with E-state index in [4.69, 9.17) is 12.6 Å². The van der Waals surface area contributed by atoms with E-state index in [0.29, 0.717) is 19.4 Å². The Kier molecular flexibility index (Phi) is 10.9. The summed E-state index contributed by atoms with van der Waals surface area (Å²) < 4.78 is -0.0328. The van der Waals surface area contributed by atoms with Gasteiger partial charge in [-0.15, -0.1) is 0 Å². The zero-order valence-corrected chi connectivity index (χ0v) is 16.7. The number of thiol groups is 1. The minimum atomic E-state index is -0.0328. The normalized spacial score (nSPS) is 14.3. The molecule has 0 rings (SSSR count). The average Bonchev–Trinajstić information content (AvgIpc) is 2.37. The third kappa shape index (κ3) is 13.6. The van der Waals surface area contributed by atoms with Gasteiger partial charge in [0.1, 0.15) is 5.78 Å². The molecular formula is C19H37NO2S. The predicted molar refractivity (Wildman–Crippen MR) is 102 cm³/mol. The maximum absolute atomic E-state index is 11.5. The molecule has 0 bridgehead atoms. The lowest BCUT2D eigenvalue weighted by Gasteiger charge is -2.28. The van der Waals surface area contributed by atoms with Crippen LogP contribution in [0.3, 0.4) is 0 Å². The lowest BCUT2D eigenvalue weighted by molar-refractivity contribution is -0.121. The van der Waals surface area contributed by atoms with Gasteiger partial charge >= 0.3 is 0 Å². The molecule has 0 fully saturated rings. The second-order valence-electron chi connectivity index (χ2n) is 7.92. The van der Waals surface area contributed by atoms with Gasteiger partial charge in [-0.3, -0.25) is 4.79 Å². The molecule has 0 saturated heterocycles. The summed E-state index contributed by atoms with van der Waals surface area (Å²) in [6.07, 6.45) is 8.53. The number of carbonyl (C=O) groups excluding carboxylic acids is 2. The van der Waals surface area contributed by atoms with Crippen LogP contribution in [0.2, 0.25) is 0 Å². The number of Topliss-reactive ketones (excluding diaryl/α,β-unsaturated/α-hetero) is 1. The summed E-state index contributed by atoms with van der Waals surface area (Å²) in [5.74, 6) is 0.428. The molecule has 0 aliphatic heterocycles. The standard InChI is InChI=1S/C19H37NO2S/c1-6-9-17(22)20-15-14-19(5,23)13-8-12-18(3,4)11-7-10-16(2)21/h23H,6-15H2,1-5H3,(H,20,22). The molecule has 136 valence electrons. The van der Waals surface area contributed by atoms with Gasteiger partial charge in [0.15, 0.2) is 0 Å². The molecule has 0 radical (unpaired) electrons. The third-order valence-corrected chi connectivity index (χ3v) is 4.86. The van der Waals surface area contributed by atoms with Gasteiger partial charge in [0.05, 0.1) is 0 Å². The van der Waals surface area contributed by atoms with E-state index in [0.717, 1.165) is 44.9 Å². The van der Waals surface area contributed by atoms with Crippen LogP contribution in [0.1, 0.15) is 92.4 Å². The Balaban J connectivity index is 3.94. The van der Waals surface area contributed by atoms with Crippen LogP contribution in [-0.2, 0) is 9.59 Å². The van der Waals surface area contributed by atoms with Gasteiger partial charge in [0, 0.05) is 24.1 Å². The molecule has 0 aromatic heterocycles. The van der Waals surface area contributed by atoms with Crippen LogP contribution in [0.4, 0.5) is 0 Å². The third-order valence-electron chi connectivity index (χ3n) is 4.41. The SMILES string of the molecule is CCCC(=O)NCCC(C)(S)CCCC(C)(C)CCCC(C)=O. The number of ketones is 1. The molecule has 0 spiro atoms. The summed E-state index contributed by atoms with van der Waals surface area (Å²) in [7, 11) is 0. The van der Waals surface area contributed by atoms with Crippen molar-refractivity contribution in [3.63, 3.8) is 0 Å². The Morgan fingerprint density at radius 2 is 1.57 bits per heavy atom. The highest BCUT2D eigenvalue weighted by molar-refractivity contribution is 7.81. The van der Waals surface area contributed by atoms with Crippen LogP contribution < -0.4 is 5.32 Å². The average molecular weight is 344 g/mol. The van der Waals surface area contributed by atoms with Gasteiger partial charge in [-0.1, -0.05) is 34.1 Å². The smallest absolute Gasteiger partial charge is 0.219 e. The van der Waals surface area contributed by atoms with Crippen LogP contribution in [0.5, 0.6) is 0 Å². The Bertz CT molecular complexity index is 364. The molecule has 0 saturated carbocycles. The van der Waals surface area contributed by atoms with Gasteiger partial charge < -0.3 is 10.1 Å². The van der Waals surface area contributed by atoms with Crippen molar-refractivity contribution in [2.24, 2.45) is 5.41 Å². The maximum atomic E-state index is 11.5. The number of nitrogens with one attached hydrogen (secondary N) is 1. The van der Waals surface area contributed by atoms with E-state index >= 15 is 0 Å². The van der Waals surface area contributed by atoms with Crippen LogP contribution in [-0.4, -0.2) is 23.0 Å². The Hall–Kier alpha value is -0.510. The van der Waals surface area contributed by atoms with Crippen LogP contribution in [0, 0.1) is 5.41 Å². The predicted octanol–water partition coefficient (Wildman–Crippen LogP) is 4.94. The number of carbonyl (C=O) groups is 2. The molecule has 0 aromatic carbocycles. The minimum absolute atomic E-state index is 0.0328. The highest BCUT2D eigenvalue weighted by Crippen LogP contribution is 2.33. The topological polar surface area (TPSA) is 46.2 Å². The summed E-state index contributed by atoms with van der Waals surface area (Å²) in [4.78, 5) is 22.5. The van der Waals surface area contributed by atoms with Gasteiger partial charge in [-0.2, -0.15) is 12.6 Å². The molecule has 0 heterocycles. The monoisotopic (exact) mass is 343 g/mol. The Morgan fingerprint density at radius 3 is 2.13 bits per heavy atom. The number of hydrogen-bond donors (Lipinski definition) is 2. The Morgan fingerprint density at radius 1 is 0.957 bits per heavy atom. The molecule has 0 aliphatic carbocycles. The second kappa shape index (κ2) is 11.1. The fourth-order valence-electron chi connectivity index (χ4n) is 2.80. The summed E-state index contributed by atoms with van der Waals surface area (Å²) in [5, 5.41) is 2.97. The summed E-state index contributed by atoms with van der Waals surface area (Å²) in [5.41, 5.74) is 0.286. The molecule has 23 heavy (non-hydrogen) atoms. The molecule has 1 N–H and O–H groups in total. The molecular weight excluding hydrogens is 306 g/mol. The van der Waals surface area contributed by atoms with E-state index in [2.05, 4.69) is 26.1 Å². The lowest BCUT2D eigenvalue weighted by Crippen LogP contribution is -2.29. The number of hydrogen-bond acceptors (Lipinski definition) is 3. The maximum Gasteiger partial charge on any atom is 0.219 e. The molecule has 1 unspecified atom stereocenters. The van der Waals surface area contributed by atoms with Crippen molar-refractivity contribution in [3.05, 3.63) is 0 Å². The van der Waals surface area contributed by atoms with Crippen molar-refractivity contribution in [3.8, 4) is 0 Å². The van der Waals surface area contributed by atoms with Crippen molar-refractivity contribution in [1.82, 2.24) is 5.32 Å². The van der Waals surface area contributed by atoms with Crippen molar-refractivity contribution >= 4 is 24.3 Å². The van der Waals surface area contributed by atoms with Crippen molar-refractivity contribution in [2.75, 3.05) is 6.54 Å². The zero-order valence-electron chi connectivity index (χ0n) is 15.8. The van der Waals surface area contributed by atoms with E-state index in [1.165, 1.54) is 0 Å². The van der Waals surface area contributed by atoms with Crippen molar-refractivity contribution in [1.29, 1.82) is 0 Å². The molecule has 4 heteroatoms. The first-order valence-electron chi connectivity index (χ1n) is 9.06. The van der Waals surface area contributed by atoms with Crippen molar-refractivity contribution in [2.45, 2.75) is 97.2 Å². The van der Waals surface area contributed by atoms with Gasteiger partial charge in [-0.05, 0) is 50.9 Å². The Labute approximate surface area is 148 Å². The first-order valence-corrected chi connectivity index (χ1v) is 9.51. The molecule has 0 aliphatic rings. The highest BCUT2D eigenvalue weighted by Gasteiger charge is 2.22. The molecule has 1 amide bonds.